The van der Waals surface area contributed by atoms with Gasteiger partial charge >= 0.3 is 5.97 Å². The van der Waals surface area contributed by atoms with Crippen molar-refractivity contribution in [2.45, 2.75) is 19.8 Å². The predicted molar refractivity (Wildman–Crippen MR) is 109 cm³/mol. The minimum Gasteiger partial charge on any atom is -0.477 e. The van der Waals surface area contributed by atoms with Crippen molar-refractivity contribution in [1.29, 1.82) is 5.26 Å². The van der Waals surface area contributed by atoms with Gasteiger partial charge in [0.05, 0.1) is 0 Å². The van der Waals surface area contributed by atoms with Crippen LogP contribution in [-0.2, 0) is 4.79 Å². The SMILES string of the molecule is CCCCN(C)c1ccc(/C=C/c2ccc(/C=C(\C#N)C(=O)O)s2)cc1. The molecule has 0 radical (unpaired) electrons. The number of hydrogen-bond donors (Lipinski definition) is 1. The molecule has 134 valence electrons. The molecule has 0 aliphatic rings. The van der Waals surface area contributed by atoms with Crippen molar-refractivity contribution >= 4 is 41.2 Å². The van der Waals surface area contributed by atoms with Crippen LogP contribution in [-0.4, -0.2) is 24.7 Å². The van der Waals surface area contributed by atoms with E-state index in [1.54, 1.807) is 6.07 Å². The van der Waals surface area contributed by atoms with E-state index in [9.17, 15) is 4.79 Å². The van der Waals surface area contributed by atoms with Crippen molar-refractivity contribution < 1.29 is 9.90 Å². The number of thiophene rings is 1. The van der Waals surface area contributed by atoms with E-state index in [4.69, 9.17) is 10.4 Å². The summed E-state index contributed by atoms with van der Waals surface area (Å²) < 4.78 is 0. The number of carbonyl (C=O) groups is 1. The lowest BCUT2D eigenvalue weighted by Crippen LogP contribution is -2.17. The summed E-state index contributed by atoms with van der Waals surface area (Å²) in [6, 6.07) is 13.8. The van der Waals surface area contributed by atoms with E-state index < -0.39 is 5.97 Å². The standard InChI is InChI=1S/C21H22N2O2S/c1-3-4-13-23(2)18-8-5-16(6-9-18)7-10-19-11-12-20(26-19)14-17(15-22)21(24)25/h5-12,14H,3-4,13H2,1-2H3,(H,24,25)/b10-7+,17-14+. The summed E-state index contributed by atoms with van der Waals surface area (Å²) in [5.41, 5.74) is 2.05. The third-order valence-corrected chi connectivity index (χ3v) is 4.90. The molecule has 0 fully saturated rings. The van der Waals surface area contributed by atoms with Gasteiger partial charge in [-0.15, -0.1) is 11.3 Å². The summed E-state index contributed by atoms with van der Waals surface area (Å²) in [7, 11) is 2.10. The number of rotatable bonds is 8. The molecule has 0 amide bonds. The molecule has 0 aliphatic heterocycles. The summed E-state index contributed by atoms with van der Waals surface area (Å²) >= 11 is 1.44. The Morgan fingerprint density at radius 1 is 1.19 bits per heavy atom. The van der Waals surface area contributed by atoms with Gasteiger partial charge in [-0.05, 0) is 48.4 Å². The number of anilines is 1. The number of aliphatic carboxylic acids is 1. The van der Waals surface area contributed by atoms with Crippen LogP contribution >= 0.6 is 11.3 Å². The van der Waals surface area contributed by atoms with E-state index in [2.05, 4.69) is 43.1 Å². The summed E-state index contributed by atoms with van der Waals surface area (Å²) in [5.74, 6) is -1.21. The normalized spacial score (nSPS) is 11.5. The van der Waals surface area contributed by atoms with Gasteiger partial charge in [-0.2, -0.15) is 5.26 Å². The van der Waals surface area contributed by atoms with Gasteiger partial charge in [0.1, 0.15) is 11.6 Å². The van der Waals surface area contributed by atoms with Crippen molar-refractivity contribution in [3.63, 3.8) is 0 Å². The number of nitriles is 1. The van der Waals surface area contributed by atoms with Gasteiger partial charge in [-0.3, -0.25) is 0 Å². The Balaban J connectivity index is 2.04. The van der Waals surface area contributed by atoms with E-state index in [0.717, 1.165) is 21.9 Å². The Kier molecular flexibility index (Phi) is 7.19. The molecule has 1 aromatic heterocycles. The maximum Gasteiger partial charge on any atom is 0.346 e. The van der Waals surface area contributed by atoms with Gasteiger partial charge in [0, 0.05) is 29.0 Å². The molecule has 0 unspecified atom stereocenters. The molecule has 1 aromatic carbocycles. The first-order valence-corrected chi connectivity index (χ1v) is 9.29. The quantitative estimate of drug-likeness (QED) is 0.518. The number of carboxylic acid groups (broad SMARTS) is 1. The lowest BCUT2D eigenvalue weighted by Gasteiger charge is -2.18. The molecule has 0 atom stereocenters. The first-order chi connectivity index (χ1) is 12.5. The van der Waals surface area contributed by atoms with Gasteiger partial charge < -0.3 is 10.0 Å². The molecular weight excluding hydrogens is 344 g/mol. The molecular formula is C21H22N2O2S. The maximum absolute atomic E-state index is 10.9. The zero-order valence-corrected chi connectivity index (χ0v) is 15.8. The van der Waals surface area contributed by atoms with Crippen LogP contribution in [0.25, 0.3) is 18.2 Å². The fraction of sp³-hybridized carbons (Fsp3) is 0.238. The zero-order chi connectivity index (χ0) is 18.9. The molecule has 0 bridgehead atoms. The lowest BCUT2D eigenvalue weighted by atomic mass is 10.1. The topological polar surface area (TPSA) is 64.3 Å². The van der Waals surface area contributed by atoms with Gasteiger partial charge in [0.25, 0.3) is 0 Å². The first kappa shape index (κ1) is 19.5. The van der Waals surface area contributed by atoms with Crippen molar-refractivity contribution in [2.75, 3.05) is 18.5 Å². The predicted octanol–water partition coefficient (Wildman–Crippen LogP) is 5.15. The first-order valence-electron chi connectivity index (χ1n) is 8.47. The number of nitrogens with zero attached hydrogens (tertiary/aromatic N) is 2. The second-order valence-electron chi connectivity index (χ2n) is 5.92. The average Bonchev–Trinajstić information content (AvgIpc) is 3.10. The highest BCUT2D eigenvalue weighted by atomic mass is 32.1. The largest absolute Gasteiger partial charge is 0.477 e. The summed E-state index contributed by atoms with van der Waals surface area (Å²) in [5, 5.41) is 17.7. The van der Waals surface area contributed by atoms with Crippen LogP contribution in [0.2, 0.25) is 0 Å². The smallest absolute Gasteiger partial charge is 0.346 e. The Morgan fingerprint density at radius 2 is 1.88 bits per heavy atom. The highest BCUT2D eigenvalue weighted by molar-refractivity contribution is 7.13. The Labute approximate surface area is 158 Å². The fourth-order valence-corrected chi connectivity index (χ4v) is 3.22. The third kappa shape index (κ3) is 5.61. The van der Waals surface area contributed by atoms with Crippen LogP contribution in [0, 0.1) is 11.3 Å². The summed E-state index contributed by atoms with van der Waals surface area (Å²) in [6.45, 7) is 3.24. The number of unbranched alkanes of at least 4 members (excludes halogenated alkanes) is 1. The monoisotopic (exact) mass is 366 g/mol. The number of benzene rings is 1. The van der Waals surface area contributed by atoms with E-state index in [-0.39, 0.29) is 5.57 Å². The summed E-state index contributed by atoms with van der Waals surface area (Å²) in [6.07, 6.45) is 7.78. The van der Waals surface area contributed by atoms with Crippen LogP contribution in [0.4, 0.5) is 5.69 Å². The Morgan fingerprint density at radius 3 is 2.50 bits per heavy atom. The van der Waals surface area contributed by atoms with Crippen molar-refractivity contribution in [1.82, 2.24) is 0 Å². The molecule has 2 rings (SSSR count). The molecule has 1 heterocycles. The average molecular weight is 366 g/mol. The molecule has 0 spiro atoms. The number of hydrogen-bond acceptors (Lipinski definition) is 4. The third-order valence-electron chi connectivity index (χ3n) is 3.91. The van der Waals surface area contributed by atoms with Gasteiger partial charge in [-0.1, -0.05) is 31.6 Å². The zero-order valence-electron chi connectivity index (χ0n) is 15.0. The van der Waals surface area contributed by atoms with E-state index in [1.165, 1.54) is 35.9 Å². The van der Waals surface area contributed by atoms with E-state index in [1.807, 2.05) is 24.3 Å². The second kappa shape index (κ2) is 9.59. The Hall–Kier alpha value is -2.84. The highest BCUT2D eigenvalue weighted by Crippen LogP contribution is 2.22. The second-order valence-corrected chi connectivity index (χ2v) is 7.06. The van der Waals surface area contributed by atoms with Crippen molar-refractivity contribution in [2.24, 2.45) is 0 Å². The van der Waals surface area contributed by atoms with Crippen LogP contribution in [0.15, 0.2) is 42.0 Å². The van der Waals surface area contributed by atoms with Gasteiger partial charge in [0.2, 0.25) is 0 Å². The molecule has 4 nitrogen and oxygen atoms in total. The minimum atomic E-state index is -1.21. The molecule has 1 N–H and O–H groups in total. The molecule has 2 aromatic rings. The molecule has 26 heavy (non-hydrogen) atoms. The van der Waals surface area contributed by atoms with E-state index in [0.29, 0.717) is 0 Å². The molecule has 0 saturated carbocycles. The molecule has 0 aliphatic carbocycles. The van der Waals surface area contributed by atoms with E-state index >= 15 is 0 Å². The van der Waals surface area contributed by atoms with Gasteiger partial charge in [0.15, 0.2) is 0 Å². The van der Waals surface area contributed by atoms with Crippen LogP contribution in [0.5, 0.6) is 0 Å². The summed E-state index contributed by atoms with van der Waals surface area (Å²) in [4.78, 5) is 14.9. The highest BCUT2D eigenvalue weighted by Gasteiger charge is 2.06. The van der Waals surface area contributed by atoms with Crippen molar-refractivity contribution in [3.8, 4) is 6.07 Å². The molecule has 5 heteroatoms. The lowest BCUT2D eigenvalue weighted by molar-refractivity contribution is -0.132. The maximum atomic E-state index is 10.9. The van der Waals surface area contributed by atoms with Crippen LogP contribution in [0.1, 0.15) is 35.1 Å². The minimum absolute atomic E-state index is 0.259. The van der Waals surface area contributed by atoms with Crippen molar-refractivity contribution in [3.05, 3.63) is 57.3 Å². The fourth-order valence-electron chi connectivity index (χ4n) is 2.36. The van der Waals surface area contributed by atoms with Gasteiger partial charge in [-0.25, -0.2) is 4.79 Å². The van der Waals surface area contributed by atoms with Crippen LogP contribution in [0.3, 0.4) is 0 Å². The van der Waals surface area contributed by atoms with Crippen LogP contribution < -0.4 is 4.90 Å². The molecule has 0 saturated heterocycles. The number of carboxylic acids is 1. The Bertz CT molecular complexity index is 842.